The van der Waals surface area contributed by atoms with E-state index in [-0.39, 0.29) is 0 Å². The average molecular weight is 216 g/mol. The lowest BCUT2D eigenvalue weighted by Crippen LogP contribution is -2.13. The summed E-state index contributed by atoms with van der Waals surface area (Å²) in [6, 6.07) is 8.66. The van der Waals surface area contributed by atoms with Gasteiger partial charge in [0.1, 0.15) is 0 Å². The minimum atomic E-state index is 0.610. The summed E-state index contributed by atoms with van der Waals surface area (Å²) in [7, 11) is 2.19. The zero-order chi connectivity index (χ0) is 11.4. The van der Waals surface area contributed by atoms with Gasteiger partial charge in [-0.1, -0.05) is 36.4 Å². The molecule has 1 unspecified atom stereocenters. The van der Waals surface area contributed by atoms with Crippen LogP contribution in [0.25, 0.3) is 6.08 Å². The van der Waals surface area contributed by atoms with Gasteiger partial charge < -0.3 is 10.6 Å². The second kappa shape index (κ2) is 5.28. The molecule has 1 aliphatic rings. The first-order valence-electron chi connectivity index (χ1n) is 5.95. The Labute approximate surface area is 97.8 Å². The Morgan fingerprint density at radius 2 is 2.25 bits per heavy atom. The molecule has 1 aliphatic heterocycles. The minimum Gasteiger partial charge on any atom is -0.327 e. The third-order valence-corrected chi connectivity index (χ3v) is 3.26. The lowest BCUT2D eigenvalue weighted by Gasteiger charge is -2.13. The van der Waals surface area contributed by atoms with Crippen LogP contribution in [-0.2, 0) is 0 Å². The van der Waals surface area contributed by atoms with Crippen molar-refractivity contribution in [2.45, 2.75) is 12.3 Å². The first kappa shape index (κ1) is 11.4. The molecule has 2 heteroatoms. The Balaban J connectivity index is 2.22. The second-order valence-corrected chi connectivity index (χ2v) is 4.51. The molecular formula is C14H20N2. The van der Waals surface area contributed by atoms with E-state index in [0.717, 1.165) is 0 Å². The molecule has 16 heavy (non-hydrogen) atoms. The van der Waals surface area contributed by atoms with E-state index in [4.69, 9.17) is 5.73 Å². The number of nitrogens with zero attached hydrogens (tertiary/aromatic N) is 1. The van der Waals surface area contributed by atoms with Crippen LogP contribution in [0.2, 0.25) is 0 Å². The van der Waals surface area contributed by atoms with E-state index in [9.17, 15) is 0 Å². The molecule has 0 saturated carbocycles. The van der Waals surface area contributed by atoms with Crippen molar-refractivity contribution in [2.24, 2.45) is 5.73 Å². The van der Waals surface area contributed by atoms with Gasteiger partial charge >= 0.3 is 0 Å². The van der Waals surface area contributed by atoms with Crippen LogP contribution in [0.4, 0.5) is 0 Å². The standard InChI is InChI=1S/C14H20N2/c1-16-10-8-13(11-16)14-7-3-2-5-12(14)6-4-9-15/h2-7,13H,8-11,15H2,1H3/b6-4+. The molecule has 2 rings (SSSR count). The Morgan fingerprint density at radius 3 is 2.94 bits per heavy atom. The topological polar surface area (TPSA) is 29.3 Å². The largest absolute Gasteiger partial charge is 0.327 e. The van der Waals surface area contributed by atoms with E-state index in [2.05, 4.69) is 42.3 Å². The fourth-order valence-corrected chi connectivity index (χ4v) is 2.42. The van der Waals surface area contributed by atoms with Crippen LogP contribution in [0.15, 0.2) is 30.3 Å². The maximum Gasteiger partial charge on any atom is 0.0110 e. The van der Waals surface area contributed by atoms with Crippen molar-refractivity contribution in [1.82, 2.24) is 4.90 Å². The molecule has 0 aliphatic carbocycles. The number of likely N-dealkylation sites (N-methyl/N-ethyl adjacent to an activating group) is 1. The Bertz CT molecular complexity index is 371. The van der Waals surface area contributed by atoms with Gasteiger partial charge in [0.25, 0.3) is 0 Å². The van der Waals surface area contributed by atoms with Crippen molar-refractivity contribution >= 4 is 6.08 Å². The molecule has 0 spiro atoms. The summed E-state index contributed by atoms with van der Waals surface area (Å²) in [5, 5.41) is 0. The van der Waals surface area contributed by atoms with Crippen LogP contribution >= 0.6 is 0 Å². The smallest absolute Gasteiger partial charge is 0.0110 e. The summed E-state index contributed by atoms with van der Waals surface area (Å²) in [6.45, 7) is 2.99. The molecule has 0 radical (unpaired) electrons. The van der Waals surface area contributed by atoms with E-state index < -0.39 is 0 Å². The highest BCUT2D eigenvalue weighted by molar-refractivity contribution is 5.55. The second-order valence-electron chi connectivity index (χ2n) is 4.51. The number of hydrogen-bond donors (Lipinski definition) is 1. The lowest BCUT2D eigenvalue weighted by molar-refractivity contribution is 0.411. The highest BCUT2D eigenvalue weighted by atomic mass is 15.1. The van der Waals surface area contributed by atoms with Crippen molar-refractivity contribution in [1.29, 1.82) is 0 Å². The monoisotopic (exact) mass is 216 g/mol. The van der Waals surface area contributed by atoms with Gasteiger partial charge in [-0.15, -0.1) is 0 Å². The molecule has 0 amide bonds. The first-order chi connectivity index (χ1) is 7.81. The van der Waals surface area contributed by atoms with Crippen LogP contribution < -0.4 is 5.73 Å². The fraction of sp³-hybridized carbons (Fsp3) is 0.429. The van der Waals surface area contributed by atoms with Crippen LogP contribution in [0.1, 0.15) is 23.5 Å². The van der Waals surface area contributed by atoms with E-state index in [1.165, 1.54) is 30.6 Å². The van der Waals surface area contributed by atoms with E-state index >= 15 is 0 Å². The number of rotatable bonds is 3. The summed E-state index contributed by atoms with van der Waals surface area (Å²) < 4.78 is 0. The summed E-state index contributed by atoms with van der Waals surface area (Å²) in [5.41, 5.74) is 8.30. The summed E-state index contributed by atoms with van der Waals surface area (Å²) in [5.74, 6) is 0.684. The zero-order valence-corrected chi connectivity index (χ0v) is 9.89. The molecule has 0 aromatic heterocycles. The van der Waals surface area contributed by atoms with Crippen LogP contribution in [-0.4, -0.2) is 31.6 Å². The highest BCUT2D eigenvalue weighted by Gasteiger charge is 2.22. The van der Waals surface area contributed by atoms with Gasteiger partial charge in [0.05, 0.1) is 0 Å². The lowest BCUT2D eigenvalue weighted by atomic mass is 9.93. The summed E-state index contributed by atoms with van der Waals surface area (Å²) in [4.78, 5) is 2.40. The average Bonchev–Trinajstić information content (AvgIpc) is 2.73. The van der Waals surface area contributed by atoms with E-state index in [1.54, 1.807) is 0 Å². The molecular weight excluding hydrogens is 196 g/mol. The van der Waals surface area contributed by atoms with Gasteiger partial charge in [0.2, 0.25) is 0 Å². The Hall–Kier alpha value is -1.12. The van der Waals surface area contributed by atoms with Gasteiger partial charge in [0, 0.05) is 13.1 Å². The fourth-order valence-electron chi connectivity index (χ4n) is 2.42. The van der Waals surface area contributed by atoms with Crippen LogP contribution in [0.5, 0.6) is 0 Å². The molecule has 86 valence electrons. The highest BCUT2D eigenvalue weighted by Crippen LogP contribution is 2.29. The molecule has 2 nitrogen and oxygen atoms in total. The van der Waals surface area contributed by atoms with E-state index in [0.29, 0.717) is 12.5 Å². The minimum absolute atomic E-state index is 0.610. The predicted molar refractivity (Wildman–Crippen MR) is 69.4 cm³/mol. The quantitative estimate of drug-likeness (QED) is 0.838. The van der Waals surface area contributed by atoms with Gasteiger partial charge in [-0.3, -0.25) is 0 Å². The van der Waals surface area contributed by atoms with E-state index in [1.807, 2.05) is 6.08 Å². The molecule has 1 heterocycles. The predicted octanol–water partition coefficient (Wildman–Crippen LogP) is 2.08. The van der Waals surface area contributed by atoms with Crippen molar-refractivity contribution in [3.05, 3.63) is 41.5 Å². The maximum atomic E-state index is 5.51. The number of hydrogen-bond acceptors (Lipinski definition) is 2. The summed E-state index contributed by atoms with van der Waals surface area (Å²) >= 11 is 0. The first-order valence-corrected chi connectivity index (χ1v) is 5.95. The SMILES string of the molecule is CN1CCC(c2ccccc2/C=C/CN)C1. The Morgan fingerprint density at radius 1 is 1.44 bits per heavy atom. The molecule has 2 N–H and O–H groups in total. The number of likely N-dealkylation sites (tertiary alicyclic amines) is 1. The molecule has 1 atom stereocenters. The molecule has 0 bridgehead atoms. The number of nitrogens with two attached hydrogens (primary N) is 1. The van der Waals surface area contributed by atoms with Gasteiger partial charge in [-0.25, -0.2) is 0 Å². The molecule has 1 fully saturated rings. The van der Waals surface area contributed by atoms with Crippen LogP contribution in [0, 0.1) is 0 Å². The van der Waals surface area contributed by atoms with Gasteiger partial charge in [0.15, 0.2) is 0 Å². The molecule has 1 aromatic carbocycles. The van der Waals surface area contributed by atoms with Crippen molar-refractivity contribution in [3.63, 3.8) is 0 Å². The number of benzene rings is 1. The van der Waals surface area contributed by atoms with Gasteiger partial charge in [-0.2, -0.15) is 0 Å². The van der Waals surface area contributed by atoms with Crippen LogP contribution in [0.3, 0.4) is 0 Å². The van der Waals surface area contributed by atoms with Crippen molar-refractivity contribution < 1.29 is 0 Å². The van der Waals surface area contributed by atoms with Crippen molar-refractivity contribution in [3.8, 4) is 0 Å². The summed E-state index contributed by atoms with van der Waals surface area (Å²) in [6.07, 6.45) is 5.44. The van der Waals surface area contributed by atoms with Crippen molar-refractivity contribution in [2.75, 3.05) is 26.7 Å². The third kappa shape index (κ3) is 2.52. The third-order valence-electron chi connectivity index (χ3n) is 3.26. The molecule has 1 saturated heterocycles. The zero-order valence-electron chi connectivity index (χ0n) is 9.89. The normalized spacial score (nSPS) is 22.0. The van der Waals surface area contributed by atoms with Gasteiger partial charge in [-0.05, 0) is 37.1 Å². The Kier molecular flexibility index (Phi) is 3.75. The molecule has 1 aromatic rings. The maximum absolute atomic E-state index is 5.51.